The maximum Gasteiger partial charge on any atom is 0.173 e. The van der Waals surface area contributed by atoms with Crippen molar-refractivity contribution in [1.29, 1.82) is 0 Å². The molecule has 0 aromatic heterocycles. The summed E-state index contributed by atoms with van der Waals surface area (Å²) in [5.41, 5.74) is 0.868. The highest BCUT2D eigenvalue weighted by molar-refractivity contribution is 5.59. The summed E-state index contributed by atoms with van der Waals surface area (Å²) in [5, 5.41) is 3.24. The van der Waals surface area contributed by atoms with E-state index in [1.54, 1.807) is 14.2 Å². The number of hydrogen-bond donors (Lipinski definition) is 1. The molecule has 0 aliphatic carbocycles. The Labute approximate surface area is 114 Å². The Kier molecular flexibility index (Phi) is 7.07. The molecule has 0 fully saturated rings. The van der Waals surface area contributed by atoms with E-state index in [1.165, 1.54) is 0 Å². The van der Waals surface area contributed by atoms with Crippen LogP contribution in [0.15, 0.2) is 18.2 Å². The molecule has 19 heavy (non-hydrogen) atoms. The van der Waals surface area contributed by atoms with E-state index in [1.807, 2.05) is 32.0 Å². The Balaban J connectivity index is 2.78. The van der Waals surface area contributed by atoms with E-state index in [2.05, 4.69) is 5.32 Å². The molecule has 1 aromatic carbocycles. The lowest BCUT2D eigenvalue weighted by molar-refractivity contribution is -0.0914. The van der Waals surface area contributed by atoms with Crippen molar-refractivity contribution in [3.8, 4) is 11.5 Å². The number of anilines is 1. The van der Waals surface area contributed by atoms with E-state index in [-0.39, 0.29) is 6.29 Å². The lowest BCUT2D eigenvalue weighted by atomic mass is 10.2. The molecule has 0 spiro atoms. The summed E-state index contributed by atoms with van der Waals surface area (Å²) in [6, 6.07) is 5.70. The number of methoxy groups -OCH3 is 2. The first-order chi connectivity index (χ1) is 9.24. The minimum Gasteiger partial charge on any atom is -0.494 e. The van der Waals surface area contributed by atoms with Crippen LogP contribution in [0.2, 0.25) is 0 Å². The number of ether oxygens (including phenoxy) is 4. The molecule has 0 aliphatic heterocycles. The van der Waals surface area contributed by atoms with Gasteiger partial charge in [-0.3, -0.25) is 0 Å². The van der Waals surface area contributed by atoms with Gasteiger partial charge in [-0.15, -0.1) is 0 Å². The molecule has 0 unspecified atom stereocenters. The van der Waals surface area contributed by atoms with Gasteiger partial charge in [-0.25, -0.2) is 0 Å². The molecule has 0 atom stereocenters. The van der Waals surface area contributed by atoms with Crippen molar-refractivity contribution in [2.24, 2.45) is 0 Å². The molecule has 1 aromatic rings. The van der Waals surface area contributed by atoms with Crippen LogP contribution in [0.4, 0.5) is 5.69 Å². The van der Waals surface area contributed by atoms with E-state index in [9.17, 15) is 0 Å². The van der Waals surface area contributed by atoms with Crippen LogP contribution in [-0.2, 0) is 9.47 Å². The molecule has 1 N–H and O–H groups in total. The summed E-state index contributed by atoms with van der Waals surface area (Å²) in [6.07, 6.45) is -0.301. The SMILES string of the molecule is CCOc1ccc(OCC)c(NCC(OC)OC)c1. The van der Waals surface area contributed by atoms with Crippen LogP contribution in [0.3, 0.4) is 0 Å². The average molecular weight is 269 g/mol. The van der Waals surface area contributed by atoms with E-state index in [0.717, 1.165) is 17.2 Å². The minimum absolute atomic E-state index is 0.301. The monoisotopic (exact) mass is 269 g/mol. The molecule has 0 amide bonds. The van der Waals surface area contributed by atoms with Crippen LogP contribution >= 0.6 is 0 Å². The minimum atomic E-state index is -0.301. The van der Waals surface area contributed by atoms with Gasteiger partial charge in [0.2, 0.25) is 0 Å². The van der Waals surface area contributed by atoms with Gasteiger partial charge in [0.05, 0.1) is 25.4 Å². The normalized spacial score (nSPS) is 10.6. The zero-order valence-corrected chi connectivity index (χ0v) is 12.1. The standard InChI is InChI=1S/C14H23NO4/c1-5-18-11-7-8-13(19-6-2)12(9-11)15-10-14(16-3)17-4/h7-9,14-15H,5-6,10H2,1-4H3. The summed E-state index contributed by atoms with van der Waals surface area (Å²) >= 11 is 0. The molecule has 5 heteroatoms. The van der Waals surface area contributed by atoms with Crippen molar-refractivity contribution in [1.82, 2.24) is 0 Å². The fourth-order valence-corrected chi connectivity index (χ4v) is 1.64. The molecule has 0 saturated heterocycles. The second-order valence-electron chi connectivity index (χ2n) is 3.81. The van der Waals surface area contributed by atoms with E-state index >= 15 is 0 Å². The van der Waals surface area contributed by atoms with E-state index in [0.29, 0.717) is 19.8 Å². The second-order valence-corrected chi connectivity index (χ2v) is 3.81. The van der Waals surface area contributed by atoms with Crippen molar-refractivity contribution < 1.29 is 18.9 Å². The summed E-state index contributed by atoms with van der Waals surface area (Å²) in [4.78, 5) is 0. The van der Waals surface area contributed by atoms with Gasteiger partial charge in [0.25, 0.3) is 0 Å². The summed E-state index contributed by atoms with van der Waals surface area (Å²) in [7, 11) is 3.21. The van der Waals surface area contributed by atoms with Crippen molar-refractivity contribution in [3.05, 3.63) is 18.2 Å². The van der Waals surface area contributed by atoms with E-state index < -0.39 is 0 Å². The fraction of sp³-hybridized carbons (Fsp3) is 0.571. The van der Waals surface area contributed by atoms with Crippen molar-refractivity contribution in [2.75, 3.05) is 39.3 Å². The lowest BCUT2D eigenvalue weighted by Gasteiger charge is -2.18. The maximum atomic E-state index is 5.57. The molecule has 108 valence electrons. The summed E-state index contributed by atoms with van der Waals surface area (Å²) < 4.78 is 21.3. The van der Waals surface area contributed by atoms with Crippen LogP contribution < -0.4 is 14.8 Å². The van der Waals surface area contributed by atoms with Gasteiger partial charge in [-0.2, -0.15) is 0 Å². The summed E-state index contributed by atoms with van der Waals surface area (Å²) in [6.45, 7) is 5.68. The molecule has 0 bridgehead atoms. The molecule has 0 aliphatic rings. The van der Waals surface area contributed by atoms with Crippen LogP contribution in [0.5, 0.6) is 11.5 Å². The van der Waals surface area contributed by atoms with Crippen LogP contribution in [-0.4, -0.2) is 40.3 Å². The third-order valence-electron chi connectivity index (χ3n) is 2.55. The van der Waals surface area contributed by atoms with Crippen molar-refractivity contribution in [3.63, 3.8) is 0 Å². The number of hydrogen-bond acceptors (Lipinski definition) is 5. The Bertz CT molecular complexity index is 366. The van der Waals surface area contributed by atoms with Gasteiger partial charge in [0.1, 0.15) is 11.5 Å². The van der Waals surface area contributed by atoms with Crippen LogP contribution in [0.1, 0.15) is 13.8 Å². The van der Waals surface area contributed by atoms with Gasteiger partial charge < -0.3 is 24.3 Å². The van der Waals surface area contributed by atoms with E-state index in [4.69, 9.17) is 18.9 Å². The third kappa shape index (κ3) is 4.96. The van der Waals surface area contributed by atoms with Crippen LogP contribution in [0, 0.1) is 0 Å². The number of benzene rings is 1. The topological polar surface area (TPSA) is 49.0 Å². The predicted octanol–water partition coefficient (Wildman–Crippen LogP) is 2.51. The molecule has 0 saturated carbocycles. The summed E-state index contributed by atoms with van der Waals surface area (Å²) in [5.74, 6) is 1.59. The molecule has 5 nitrogen and oxygen atoms in total. The van der Waals surface area contributed by atoms with Gasteiger partial charge in [-0.05, 0) is 26.0 Å². The predicted molar refractivity (Wildman–Crippen MR) is 75.1 cm³/mol. The van der Waals surface area contributed by atoms with Crippen molar-refractivity contribution >= 4 is 5.69 Å². The molecule has 0 heterocycles. The molecular formula is C14H23NO4. The van der Waals surface area contributed by atoms with Gasteiger partial charge in [0, 0.05) is 20.3 Å². The van der Waals surface area contributed by atoms with Crippen molar-refractivity contribution in [2.45, 2.75) is 20.1 Å². The highest BCUT2D eigenvalue weighted by Gasteiger charge is 2.09. The van der Waals surface area contributed by atoms with Gasteiger partial charge in [-0.1, -0.05) is 0 Å². The Morgan fingerprint density at radius 3 is 2.32 bits per heavy atom. The molecule has 1 rings (SSSR count). The smallest absolute Gasteiger partial charge is 0.173 e. The highest BCUT2D eigenvalue weighted by atomic mass is 16.7. The highest BCUT2D eigenvalue weighted by Crippen LogP contribution is 2.29. The fourth-order valence-electron chi connectivity index (χ4n) is 1.64. The number of rotatable bonds is 9. The van der Waals surface area contributed by atoms with Gasteiger partial charge in [0.15, 0.2) is 6.29 Å². The zero-order valence-electron chi connectivity index (χ0n) is 12.1. The quantitative estimate of drug-likeness (QED) is 0.698. The first-order valence-corrected chi connectivity index (χ1v) is 6.44. The van der Waals surface area contributed by atoms with Gasteiger partial charge >= 0.3 is 0 Å². The second kappa shape index (κ2) is 8.61. The molecular weight excluding hydrogens is 246 g/mol. The number of nitrogens with one attached hydrogen (secondary N) is 1. The third-order valence-corrected chi connectivity index (χ3v) is 2.55. The lowest BCUT2D eigenvalue weighted by Crippen LogP contribution is -2.23. The first kappa shape index (κ1) is 15.6. The Morgan fingerprint density at radius 2 is 1.74 bits per heavy atom. The maximum absolute atomic E-state index is 5.57. The Morgan fingerprint density at radius 1 is 1.05 bits per heavy atom. The van der Waals surface area contributed by atoms with Crippen LogP contribution in [0.25, 0.3) is 0 Å². The molecule has 0 radical (unpaired) electrons. The Hall–Kier alpha value is -1.46. The zero-order chi connectivity index (χ0) is 14.1. The average Bonchev–Trinajstić information content (AvgIpc) is 2.43. The largest absolute Gasteiger partial charge is 0.494 e. The first-order valence-electron chi connectivity index (χ1n) is 6.44.